The van der Waals surface area contributed by atoms with Crippen LogP contribution in [0.1, 0.15) is 16.8 Å². The average molecular weight is 324 g/mol. The van der Waals surface area contributed by atoms with E-state index >= 15 is 0 Å². The van der Waals surface area contributed by atoms with Crippen LogP contribution in [0.5, 0.6) is 0 Å². The van der Waals surface area contributed by atoms with E-state index in [1.165, 1.54) is 24.3 Å². The smallest absolute Gasteiger partial charge is 0.362 e. The van der Waals surface area contributed by atoms with E-state index in [-0.39, 0.29) is 22.7 Å². The number of nitro groups is 1. The number of hydrogen-bond acceptors (Lipinski definition) is 6. The summed E-state index contributed by atoms with van der Waals surface area (Å²) in [6, 6.07) is 10.7. The van der Waals surface area contributed by atoms with Crippen LogP contribution in [-0.4, -0.2) is 15.0 Å². The van der Waals surface area contributed by atoms with Gasteiger partial charge >= 0.3 is 5.63 Å². The van der Waals surface area contributed by atoms with Crippen LogP contribution in [0.4, 0.5) is 5.69 Å². The molecule has 3 rings (SSSR count). The molecule has 0 saturated heterocycles. The maximum Gasteiger partial charge on any atom is 0.362 e. The Kier molecular flexibility index (Phi) is 3.83. The Labute approximate surface area is 135 Å². The van der Waals surface area contributed by atoms with E-state index in [2.05, 4.69) is 4.98 Å². The van der Waals surface area contributed by atoms with Crippen LogP contribution >= 0.6 is 0 Å². The Hall–Kier alpha value is -3.48. The van der Waals surface area contributed by atoms with Crippen molar-refractivity contribution in [3.05, 3.63) is 79.8 Å². The number of aryl methyl sites for hydroxylation is 1. The first-order chi connectivity index (χ1) is 11.4. The second-order valence-electron chi connectivity index (χ2n) is 5.19. The van der Waals surface area contributed by atoms with Crippen LogP contribution in [0.3, 0.4) is 0 Å². The molecular weight excluding hydrogens is 312 g/mol. The van der Waals surface area contributed by atoms with Crippen LogP contribution in [0.15, 0.2) is 51.7 Å². The highest BCUT2D eigenvalue weighted by molar-refractivity contribution is 5.78. The number of fused-ring (bicyclic) bond motifs is 1. The number of nitrogens with zero attached hydrogens (tertiary/aromatic N) is 2. The highest BCUT2D eigenvalue weighted by atomic mass is 16.6. The van der Waals surface area contributed by atoms with Gasteiger partial charge in [0, 0.05) is 23.8 Å². The van der Waals surface area contributed by atoms with Crippen molar-refractivity contribution in [2.75, 3.05) is 0 Å². The molecular formula is C17H12N2O5. The van der Waals surface area contributed by atoms with Gasteiger partial charge in [-0.05, 0) is 24.6 Å². The largest absolute Gasteiger partial charge is 0.507 e. The zero-order valence-corrected chi connectivity index (χ0v) is 12.6. The van der Waals surface area contributed by atoms with Crippen molar-refractivity contribution >= 4 is 28.6 Å². The Morgan fingerprint density at radius 1 is 1.29 bits per heavy atom. The van der Waals surface area contributed by atoms with E-state index in [1.54, 1.807) is 12.1 Å². The number of rotatable bonds is 3. The molecule has 7 nitrogen and oxygen atoms in total. The average Bonchev–Trinajstić information content (AvgIpc) is 2.55. The number of nitro benzene ring substituents is 1. The number of aliphatic hydroxyl groups excluding tert-OH is 1. The fourth-order valence-electron chi connectivity index (χ4n) is 2.21. The lowest BCUT2D eigenvalue weighted by Crippen LogP contribution is -2.06. The molecule has 24 heavy (non-hydrogen) atoms. The summed E-state index contributed by atoms with van der Waals surface area (Å²) < 4.78 is 5.19. The van der Waals surface area contributed by atoms with Crippen molar-refractivity contribution in [2.45, 2.75) is 6.92 Å². The first-order valence-electron chi connectivity index (χ1n) is 7.01. The highest BCUT2D eigenvalue weighted by Gasteiger charge is 2.11. The molecule has 0 atom stereocenters. The van der Waals surface area contributed by atoms with E-state index in [0.29, 0.717) is 11.1 Å². The fraction of sp³-hybridized carbons (Fsp3) is 0.0588. The Balaban J connectivity index is 2.07. The molecule has 0 saturated carbocycles. The van der Waals surface area contributed by atoms with E-state index in [1.807, 2.05) is 13.0 Å². The summed E-state index contributed by atoms with van der Waals surface area (Å²) in [6.07, 6.45) is 1.13. The van der Waals surface area contributed by atoms with Gasteiger partial charge in [-0.25, -0.2) is 9.78 Å². The van der Waals surface area contributed by atoms with Gasteiger partial charge in [0.25, 0.3) is 5.69 Å². The van der Waals surface area contributed by atoms with Crippen LogP contribution in [0, 0.1) is 17.0 Å². The first kappa shape index (κ1) is 15.4. The molecule has 1 heterocycles. The number of aliphatic hydroxyl groups is 1. The van der Waals surface area contributed by atoms with E-state index in [4.69, 9.17) is 4.42 Å². The second-order valence-corrected chi connectivity index (χ2v) is 5.19. The summed E-state index contributed by atoms with van der Waals surface area (Å²) in [4.78, 5) is 26.4. The summed E-state index contributed by atoms with van der Waals surface area (Å²) in [7, 11) is 0. The third-order valence-electron chi connectivity index (χ3n) is 3.39. The zero-order valence-electron chi connectivity index (χ0n) is 12.6. The quantitative estimate of drug-likeness (QED) is 0.449. The summed E-state index contributed by atoms with van der Waals surface area (Å²) >= 11 is 0. The van der Waals surface area contributed by atoms with Crippen LogP contribution in [-0.2, 0) is 0 Å². The topological polar surface area (TPSA) is 106 Å². The third kappa shape index (κ3) is 3.00. The highest BCUT2D eigenvalue weighted by Crippen LogP contribution is 2.20. The minimum Gasteiger partial charge on any atom is -0.507 e. The predicted octanol–water partition coefficient (Wildman–Crippen LogP) is 3.46. The molecule has 0 aliphatic rings. The molecule has 0 bridgehead atoms. The standard InChI is InChI=1S/C17H12N2O5/c1-10-5-6-13-16(7-10)24-17(21)14(18-13)9-15(20)11-3-2-4-12(8-11)19(22)23/h2-9,20H,1H3. The molecule has 0 spiro atoms. The Morgan fingerprint density at radius 2 is 2.08 bits per heavy atom. The van der Waals surface area contributed by atoms with Crippen molar-refractivity contribution in [3.8, 4) is 0 Å². The lowest BCUT2D eigenvalue weighted by Gasteiger charge is -2.02. The minimum absolute atomic E-state index is 0.0876. The molecule has 1 aromatic heterocycles. The number of hydrogen-bond donors (Lipinski definition) is 1. The van der Waals surface area contributed by atoms with Crippen LogP contribution < -0.4 is 5.63 Å². The van der Waals surface area contributed by atoms with E-state index in [9.17, 15) is 20.0 Å². The van der Waals surface area contributed by atoms with E-state index in [0.717, 1.165) is 11.6 Å². The second kappa shape index (κ2) is 5.96. The normalized spacial score (nSPS) is 11.6. The van der Waals surface area contributed by atoms with Gasteiger partial charge < -0.3 is 9.52 Å². The molecule has 0 aliphatic carbocycles. The van der Waals surface area contributed by atoms with Gasteiger partial charge in [-0.3, -0.25) is 10.1 Å². The van der Waals surface area contributed by atoms with Gasteiger partial charge in [-0.15, -0.1) is 0 Å². The lowest BCUT2D eigenvalue weighted by atomic mass is 10.1. The van der Waals surface area contributed by atoms with Gasteiger partial charge in [0.15, 0.2) is 11.3 Å². The molecule has 0 unspecified atom stereocenters. The molecule has 7 heteroatoms. The minimum atomic E-state index is -0.704. The monoisotopic (exact) mass is 324 g/mol. The Morgan fingerprint density at radius 3 is 2.83 bits per heavy atom. The van der Waals surface area contributed by atoms with Crippen LogP contribution in [0.25, 0.3) is 22.9 Å². The number of benzene rings is 2. The number of aromatic nitrogens is 1. The van der Waals surface area contributed by atoms with Gasteiger partial charge in [0.2, 0.25) is 0 Å². The molecule has 3 aromatic rings. The maximum absolute atomic E-state index is 12.0. The molecule has 120 valence electrons. The summed E-state index contributed by atoms with van der Waals surface area (Å²) in [5, 5.41) is 20.9. The van der Waals surface area contributed by atoms with Gasteiger partial charge in [0.05, 0.1) is 4.92 Å². The lowest BCUT2D eigenvalue weighted by molar-refractivity contribution is -0.384. The van der Waals surface area contributed by atoms with Gasteiger partial charge in [0.1, 0.15) is 11.3 Å². The molecule has 0 amide bonds. The fourth-order valence-corrected chi connectivity index (χ4v) is 2.21. The predicted molar refractivity (Wildman–Crippen MR) is 88.6 cm³/mol. The van der Waals surface area contributed by atoms with Crippen molar-refractivity contribution in [3.63, 3.8) is 0 Å². The molecule has 0 aliphatic heterocycles. The van der Waals surface area contributed by atoms with Crippen molar-refractivity contribution in [1.29, 1.82) is 0 Å². The molecule has 0 radical (unpaired) electrons. The van der Waals surface area contributed by atoms with Gasteiger partial charge in [-0.1, -0.05) is 18.2 Å². The molecule has 1 N–H and O–H groups in total. The van der Waals surface area contributed by atoms with Crippen molar-refractivity contribution < 1.29 is 14.4 Å². The maximum atomic E-state index is 12.0. The third-order valence-corrected chi connectivity index (χ3v) is 3.39. The van der Waals surface area contributed by atoms with Crippen LogP contribution in [0.2, 0.25) is 0 Å². The number of non-ortho nitro benzene ring substituents is 1. The summed E-state index contributed by atoms with van der Waals surface area (Å²) in [5.41, 5.74) is 0.997. The first-order valence-corrected chi connectivity index (χ1v) is 7.01. The summed E-state index contributed by atoms with van der Waals surface area (Å²) in [5.74, 6) is -0.315. The molecule has 2 aromatic carbocycles. The Bertz CT molecular complexity index is 1040. The van der Waals surface area contributed by atoms with Crippen molar-refractivity contribution in [2.24, 2.45) is 0 Å². The SMILES string of the molecule is Cc1ccc2nc(C=C(O)c3cccc([N+](=O)[O-])c3)c(=O)oc2c1. The van der Waals surface area contributed by atoms with E-state index < -0.39 is 10.5 Å². The van der Waals surface area contributed by atoms with Gasteiger partial charge in [-0.2, -0.15) is 0 Å². The summed E-state index contributed by atoms with van der Waals surface area (Å²) in [6.45, 7) is 1.86. The molecule has 0 fully saturated rings. The van der Waals surface area contributed by atoms with Crippen molar-refractivity contribution in [1.82, 2.24) is 4.98 Å². The zero-order chi connectivity index (χ0) is 17.3.